The molecule has 138 valence electrons. The van der Waals surface area contributed by atoms with E-state index in [1.807, 2.05) is 19.1 Å². The number of hydrazone groups is 1. The Hall–Kier alpha value is -1.85. The topological polar surface area (TPSA) is 50.7 Å². The van der Waals surface area contributed by atoms with Gasteiger partial charge in [0, 0.05) is 5.02 Å². The van der Waals surface area contributed by atoms with E-state index in [4.69, 9.17) is 16.3 Å². The van der Waals surface area contributed by atoms with Crippen molar-refractivity contribution in [3.8, 4) is 5.75 Å². The standard InChI is InChI=1S/C20H22BrClN2O2/c1-13(14-5-7-15(8-6-14)20(2,3)4)23-24-19(25)12-26-18-10-9-16(22)11-17(18)21/h5-11H,12H2,1-4H3,(H,24,25). The summed E-state index contributed by atoms with van der Waals surface area (Å²) in [5.41, 5.74) is 5.55. The van der Waals surface area contributed by atoms with Gasteiger partial charge in [0.05, 0.1) is 10.2 Å². The number of amides is 1. The molecule has 0 radical (unpaired) electrons. The average molecular weight is 438 g/mol. The molecule has 0 bridgehead atoms. The van der Waals surface area contributed by atoms with Crippen molar-refractivity contribution in [3.05, 3.63) is 63.1 Å². The number of benzene rings is 2. The summed E-state index contributed by atoms with van der Waals surface area (Å²) in [5, 5.41) is 4.73. The summed E-state index contributed by atoms with van der Waals surface area (Å²) >= 11 is 9.22. The summed E-state index contributed by atoms with van der Waals surface area (Å²) in [6.45, 7) is 8.22. The molecule has 1 amide bonds. The summed E-state index contributed by atoms with van der Waals surface area (Å²) in [6.07, 6.45) is 0. The van der Waals surface area contributed by atoms with Crippen LogP contribution in [-0.2, 0) is 10.2 Å². The van der Waals surface area contributed by atoms with Crippen LogP contribution in [0.4, 0.5) is 0 Å². The molecule has 0 aliphatic rings. The van der Waals surface area contributed by atoms with Gasteiger partial charge in [-0.15, -0.1) is 0 Å². The third kappa shape index (κ3) is 5.85. The summed E-state index contributed by atoms with van der Waals surface area (Å²) in [7, 11) is 0. The van der Waals surface area contributed by atoms with Crippen molar-refractivity contribution in [3.63, 3.8) is 0 Å². The number of halogens is 2. The number of hydrogen-bond donors (Lipinski definition) is 1. The van der Waals surface area contributed by atoms with Gasteiger partial charge in [-0.25, -0.2) is 5.43 Å². The third-order valence-electron chi connectivity index (χ3n) is 3.77. The minimum Gasteiger partial charge on any atom is -0.483 e. The second kappa shape index (κ2) is 8.69. The molecule has 26 heavy (non-hydrogen) atoms. The Morgan fingerprint density at radius 3 is 2.42 bits per heavy atom. The highest BCUT2D eigenvalue weighted by Gasteiger charge is 2.13. The maximum atomic E-state index is 11.9. The van der Waals surface area contributed by atoms with Crippen molar-refractivity contribution in [1.82, 2.24) is 5.43 Å². The van der Waals surface area contributed by atoms with Crippen LogP contribution in [0.3, 0.4) is 0 Å². The molecule has 0 aromatic heterocycles. The molecule has 0 saturated carbocycles. The number of carbonyl (C=O) groups excluding carboxylic acids is 1. The number of carbonyl (C=O) groups is 1. The Morgan fingerprint density at radius 1 is 1.19 bits per heavy atom. The van der Waals surface area contributed by atoms with Gasteiger partial charge < -0.3 is 4.74 Å². The van der Waals surface area contributed by atoms with Crippen LogP contribution in [-0.4, -0.2) is 18.2 Å². The molecule has 0 aliphatic carbocycles. The van der Waals surface area contributed by atoms with E-state index in [1.54, 1.807) is 18.2 Å². The van der Waals surface area contributed by atoms with Crippen molar-refractivity contribution >= 4 is 39.1 Å². The molecule has 0 heterocycles. The Kier molecular flexibility index (Phi) is 6.84. The van der Waals surface area contributed by atoms with Crippen LogP contribution in [0.25, 0.3) is 0 Å². The molecule has 0 unspecified atom stereocenters. The molecule has 2 aromatic rings. The molecule has 6 heteroatoms. The third-order valence-corrected chi connectivity index (χ3v) is 4.62. The predicted molar refractivity (Wildman–Crippen MR) is 110 cm³/mol. The normalized spacial score (nSPS) is 12.0. The maximum absolute atomic E-state index is 11.9. The summed E-state index contributed by atoms with van der Waals surface area (Å²) in [5.74, 6) is 0.209. The van der Waals surface area contributed by atoms with Gasteiger partial charge in [0.2, 0.25) is 0 Å². The number of nitrogens with zero attached hydrogens (tertiary/aromatic N) is 1. The molecule has 0 spiro atoms. The van der Waals surface area contributed by atoms with Crippen molar-refractivity contribution in [2.45, 2.75) is 33.1 Å². The molecular weight excluding hydrogens is 416 g/mol. The van der Waals surface area contributed by atoms with Crippen LogP contribution in [0, 0.1) is 0 Å². The fourth-order valence-electron chi connectivity index (χ4n) is 2.19. The van der Waals surface area contributed by atoms with E-state index in [0.29, 0.717) is 15.2 Å². The summed E-state index contributed by atoms with van der Waals surface area (Å²) in [6, 6.07) is 13.3. The zero-order valence-electron chi connectivity index (χ0n) is 15.3. The molecule has 1 N–H and O–H groups in total. The first-order valence-electron chi connectivity index (χ1n) is 8.19. The maximum Gasteiger partial charge on any atom is 0.277 e. The van der Waals surface area contributed by atoms with E-state index < -0.39 is 0 Å². The molecular formula is C20H22BrClN2O2. The van der Waals surface area contributed by atoms with E-state index in [0.717, 1.165) is 11.3 Å². The van der Waals surface area contributed by atoms with Gasteiger partial charge in [0.1, 0.15) is 5.75 Å². The van der Waals surface area contributed by atoms with Gasteiger partial charge in [-0.2, -0.15) is 5.10 Å². The lowest BCUT2D eigenvalue weighted by atomic mass is 9.86. The smallest absolute Gasteiger partial charge is 0.277 e. The highest BCUT2D eigenvalue weighted by Crippen LogP contribution is 2.27. The SMILES string of the molecule is CC(=NNC(=O)COc1ccc(Cl)cc1Br)c1ccc(C(C)(C)C)cc1. The minimum absolute atomic E-state index is 0.102. The van der Waals surface area contributed by atoms with Crippen LogP contribution in [0.15, 0.2) is 52.0 Å². The number of nitrogens with one attached hydrogen (secondary N) is 1. The molecule has 0 fully saturated rings. The minimum atomic E-state index is -0.336. The Bertz CT molecular complexity index is 812. The summed E-state index contributed by atoms with van der Waals surface area (Å²) in [4.78, 5) is 11.9. The van der Waals surface area contributed by atoms with Crippen LogP contribution in [0.1, 0.15) is 38.8 Å². The Balaban J connectivity index is 1.92. The van der Waals surface area contributed by atoms with Gasteiger partial charge in [0.25, 0.3) is 5.91 Å². The van der Waals surface area contributed by atoms with E-state index in [2.05, 4.69) is 59.4 Å². The highest BCUT2D eigenvalue weighted by atomic mass is 79.9. The van der Waals surface area contributed by atoms with Gasteiger partial charge in [-0.3, -0.25) is 4.79 Å². The lowest BCUT2D eigenvalue weighted by molar-refractivity contribution is -0.123. The van der Waals surface area contributed by atoms with Crippen molar-refractivity contribution in [1.29, 1.82) is 0 Å². The first kappa shape index (κ1) is 20.5. The second-order valence-corrected chi connectivity index (χ2v) is 8.21. The zero-order valence-corrected chi connectivity index (χ0v) is 17.6. The van der Waals surface area contributed by atoms with Crippen LogP contribution < -0.4 is 10.2 Å². The molecule has 2 aromatic carbocycles. The molecule has 2 rings (SSSR count). The van der Waals surface area contributed by atoms with Crippen molar-refractivity contribution < 1.29 is 9.53 Å². The van der Waals surface area contributed by atoms with E-state index in [9.17, 15) is 4.79 Å². The first-order valence-corrected chi connectivity index (χ1v) is 9.36. The quantitative estimate of drug-likeness (QED) is 0.508. The Labute approximate surface area is 167 Å². The van der Waals surface area contributed by atoms with Crippen molar-refractivity contribution in [2.75, 3.05) is 6.61 Å². The average Bonchev–Trinajstić information content (AvgIpc) is 2.58. The zero-order chi connectivity index (χ0) is 19.3. The van der Waals surface area contributed by atoms with Gasteiger partial charge in [-0.05, 0) is 57.6 Å². The van der Waals surface area contributed by atoms with Gasteiger partial charge >= 0.3 is 0 Å². The number of rotatable bonds is 5. The van der Waals surface area contributed by atoms with Crippen molar-refractivity contribution in [2.24, 2.45) is 5.10 Å². The van der Waals surface area contributed by atoms with Crippen LogP contribution in [0.2, 0.25) is 5.02 Å². The lowest BCUT2D eigenvalue weighted by Crippen LogP contribution is -2.25. The fourth-order valence-corrected chi connectivity index (χ4v) is 2.99. The predicted octanol–water partition coefficient (Wildman–Crippen LogP) is 5.32. The van der Waals surface area contributed by atoms with E-state index in [1.165, 1.54) is 5.56 Å². The van der Waals surface area contributed by atoms with Crippen LogP contribution in [0.5, 0.6) is 5.75 Å². The van der Waals surface area contributed by atoms with Gasteiger partial charge in [-0.1, -0.05) is 56.6 Å². The first-order chi connectivity index (χ1) is 12.2. The molecule has 4 nitrogen and oxygen atoms in total. The van der Waals surface area contributed by atoms with Crippen LogP contribution >= 0.6 is 27.5 Å². The fraction of sp³-hybridized carbons (Fsp3) is 0.300. The summed E-state index contributed by atoms with van der Waals surface area (Å²) < 4.78 is 6.15. The van der Waals surface area contributed by atoms with E-state index in [-0.39, 0.29) is 17.9 Å². The number of hydrogen-bond acceptors (Lipinski definition) is 3. The molecule has 0 atom stereocenters. The Morgan fingerprint density at radius 2 is 1.85 bits per heavy atom. The highest BCUT2D eigenvalue weighted by molar-refractivity contribution is 9.10. The second-order valence-electron chi connectivity index (χ2n) is 6.92. The molecule has 0 aliphatic heterocycles. The largest absolute Gasteiger partial charge is 0.483 e. The lowest BCUT2D eigenvalue weighted by Gasteiger charge is -2.19. The monoisotopic (exact) mass is 436 g/mol. The number of ether oxygens (including phenoxy) is 1. The van der Waals surface area contributed by atoms with E-state index >= 15 is 0 Å². The molecule has 0 saturated heterocycles. The van der Waals surface area contributed by atoms with Gasteiger partial charge in [0.15, 0.2) is 6.61 Å².